The van der Waals surface area contributed by atoms with Crippen molar-refractivity contribution in [2.75, 3.05) is 20.2 Å². The third-order valence-corrected chi connectivity index (χ3v) is 9.66. The summed E-state index contributed by atoms with van der Waals surface area (Å²) in [7, 11) is 1.61. The van der Waals surface area contributed by atoms with Crippen LogP contribution in [-0.2, 0) is 23.9 Å². The Kier molecular flexibility index (Phi) is 14.7. The van der Waals surface area contributed by atoms with Crippen molar-refractivity contribution in [1.82, 2.24) is 20.7 Å². The molecule has 3 rings (SSSR count). The summed E-state index contributed by atoms with van der Waals surface area (Å²) in [6, 6.07) is 6.86. The second kappa shape index (κ2) is 18.1. The van der Waals surface area contributed by atoms with Gasteiger partial charge in [-0.15, -0.1) is 6.58 Å². The van der Waals surface area contributed by atoms with Crippen molar-refractivity contribution in [2.45, 2.75) is 110 Å². The number of hydrogen-bond acceptors (Lipinski definition) is 6. The molecule has 0 spiro atoms. The molecule has 2 aliphatic rings. The maximum atomic E-state index is 13.9. The molecule has 9 heteroatoms. The number of nitrogens with one attached hydrogen (secondary N) is 2. The molecular weight excluding hydrogens is 580 g/mol. The lowest BCUT2D eigenvalue weighted by atomic mass is 9.86. The Hall–Kier alpha value is -3.30. The highest BCUT2D eigenvalue weighted by Gasteiger charge is 2.37. The zero-order valence-corrected chi connectivity index (χ0v) is 28.6. The number of piperidine rings is 1. The summed E-state index contributed by atoms with van der Waals surface area (Å²) in [4.78, 5) is 55.7. The van der Waals surface area contributed by atoms with Crippen LogP contribution in [0.25, 0.3) is 6.08 Å². The first kappa shape index (κ1) is 37.2. The van der Waals surface area contributed by atoms with Crippen molar-refractivity contribution in [3.8, 4) is 0 Å². The largest absolute Gasteiger partial charge is 0.381 e. The lowest BCUT2D eigenvalue weighted by Crippen LogP contribution is -2.61. The van der Waals surface area contributed by atoms with Gasteiger partial charge in [0.2, 0.25) is 11.8 Å². The van der Waals surface area contributed by atoms with Crippen LogP contribution in [0.3, 0.4) is 0 Å². The van der Waals surface area contributed by atoms with Crippen LogP contribution in [0.1, 0.15) is 103 Å². The van der Waals surface area contributed by atoms with Crippen LogP contribution >= 0.6 is 0 Å². The fraction of sp³-hybridized carbons (Fsp3) is 0.622. The minimum atomic E-state index is -0.786. The molecule has 2 saturated heterocycles. The van der Waals surface area contributed by atoms with Crippen molar-refractivity contribution in [3.05, 3.63) is 54.6 Å². The lowest BCUT2D eigenvalue weighted by Gasteiger charge is -2.41. The predicted molar refractivity (Wildman–Crippen MR) is 182 cm³/mol. The molecular formula is C37H56N4O5. The topological polar surface area (TPSA) is 108 Å². The van der Waals surface area contributed by atoms with E-state index in [-0.39, 0.29) is 53.9 Å². The summed E-state index contributed by atoms with van der Waals surface area (Å²) in [5.74, 6) is -1.16. The molecule has 6 unspecified atom stereocenters. The fourth-order valence-corrected chi connectivity index (χ4v) is 6.73. The molecule has 2 fully saturated rings. The van der Waals surface area contributed by atoms with Gasteiger partial charge in [-0.1, -0.05) is 57.7 Å². The van der Waals surface area contributed by atoms with Crippen molar-refractivity contribution < 1.29 is 23.9 Å². The highest BCUT2D eigenvalue weighted by atomic mass is 16.5. The first-order valence-electron chi connectivity index (χ1n) is 17.1. The Bertz CT molecular complexity index is 1220. The Morgan fingerprint density at radius 1 is 1.04 bits per heavy atom. The monoisotopic (exact) mass is 636 g/mol. The highest BCUT2D eigenvalue weighted by Crippen LogP contribution is 2.33. The third-order valence-electron chi connectivity index (χ3n) is 9.66. The van der Waals surface area contributed by atoms with Gasteiger partial charge in [-0.25, -0.2) is 5.43 Å². The van der Waals surface area contributed by atoms with Gasteiger partial charge in [0, 0.05) is 38.5 Å². The van der Waals surface area contributed by atoms with Crippen molar-refractivity contribution in [2.24, 2.45) is 17.8 Å². The molecule has 2 heterocycles. The quantitative estimate of drug-likeness (QED) is 0.228. The van der Waals surface area contributed by atoms with Crippen molar-refractivity contribution in [3.63, 3.8) is 0 Å². The first-order chi connectivity index (χ1) is 22.0. The van der Waals surface area contributed by atoms with E-state index >= 15 is 0 Å². The number of hydrogen-bond donors (Lipinski definition) is 2. The molecule has 0 bridgehead atoms. The van der Waals surface area contributed by atoms with Crippen molar-refractivity contribution >= 4 is 29.6 Å². The molecule has 0 aromatic heterocycles. The number of hydrazine groups is 1. The molecule has 0 aliphatic carbocycles. The number of rotatable bonds is 16. The van der Waals surface area contributed by atoms with Crippen LogP contribution in [0.5, 0.6) is 0 Å². The number of allylic oxidation sites excluding steroid dienone is 1. The van der Waals surface area contributed by atoms with Crippen LogP contribution in [0, 0.1) is 17.8 Å². The van der Waals surface area contributed by atoms with Crippen LogP contribution in [0.15, 0.2) is 43.5 Å². The number of Topliss-reactive ketones (excluding diaryl/α,β-unsaturated/α-hetero) is 1. The predicted octanol–water partition coefficient (Wildman–Crippen LogP) is 5.62. The van der Waals surface area contributed by atoms with E-state index in [9.17, 15) is 19.2 Å². The number of benzene rings is 1. The molecule has 0 radical (unpaired) electrons. The minimum Gasteiger partial charge on any atom is -0.381 e. The van der Waals surface area contributed by atoms with Gasteiger partial charge >= 0.3 is 0 Å². The molecule has 6 atom stereocenters. The average molecular weight is 637 g/mol. The second-order valence-corrected chi connectivity index (χ2v) is 13.2. The van der Waals surface area contributed by atoms with E-state index in [1.807, 2.05) is 50.0 Å². The number of likely N-dealkylation sites (tertiary alicyclic amines) is 1. The van der Waals surface area contributed by atoms with Gasteiger partial charge in [-0.05, 0) is 81.4 Å². The number of ether oxygens (including phenoxy) is 1. The summed E-state index contributed by atoms with van der Waals surface area (Å²) in [5.41, 5.74) is 5.33. The number of nitrogens with zero attached hydrogens (tertiary/aromatic N) is 2. The molecule has 2 N–H and O–H groups in total. The maximum absolute atomic E-state index is 13.9. The van der Waals surface area contributed by atoms with Gasteiger partial charge in [-0.3, -0.25) is 24.2 Å². The number of carbonyl (C=O) groups excluding carboxylic acids is 4. The Labute approximate surface area is 276 Å². The minimum absolute atomic E-state index is 0.00173. The van der Waals surface area contributed by atoms with Gasteiger partial charge < -0.3 is 15.0 Å². The summed E-state index contributed by atoms with van der Waals surface area (Å²) in [5, 5.41) is 4.40. The zero-order valence-electron chi connectivity index (χ0n) is 28.6. The smallest absolute Gasteiger partial charge is 0.258 e. The highest BCUT2D eigenvalue weighted by molar-refractivity contribution is 5.89. The molecule has 0 saturated carbocycles. The Morgan fingerprint density at radius 3 is 2.48 bits per heavy atom. The second-order valence-electron chi connectivity index (χ2n) is 13.2. The fourth-order valence-electron chi connectivity index (χ4n) is 6.73. The van der Waals surface area contributed by atoms with Gasteiger partial charge in [0.25, 0.3) is 5.91 Å². The SMILES string of the molecule is C=CCCC(OC)C(C)C(=O)CCC(C(=O)NC(C)C(=O)N1CCCC(C(=O)N2CCCCC2c2cccc(C=C)c2)N1)C(C)C. The van der Waals surface area contributed by atoms with Crippen LogP contribution in [0.2, 0.25) is 0 Å². The van der Waals surface area contributed by atoms with E-state index in [1.165, 1.54) is 5.01 Å². The van der Waals surface area contributed by atoms with E-state index < -0.39 is 18.0 Å². The van der Waals surface area contributed by atoms with E-state index in [0.717, 1.165) is 43.2 Å². The van der Waals surface area contributed by atoms with Gasteiger partial charge in [0.05, 0.1) is 12.1 Å². The summed E-state index contributed by atoms with van der Waals surface area (Å²) in [6.45, 7) is 16.2. The van der Waals surface area contributed by atoms with E-state index in [0.29, 0.717) is 32.4 Å². The van der Waals surface area contributed by atoms with Crippen LogP contribution in [-0.4, -0.2) is 71.8 Å². The first-order valence-corrected chi connectivity index (χ1v) is 17.1. The molecule has 1 aromatic rings. The lowest BCUT2D eigenvalue weighted by molar-refractivity contribution is -0.147. The normalized spacial score (nSPS) is 21.2. The maximum Gasteiger partial charge on any atom is 0.258 e. The molecule has 1 aromatic carbocycles. The average Bonchev–Trinajstić information content (AvgIpc) is 3.07. The van der Waals surface area contributed by atoms with Crippen LogP contribution < -0.4 is 10.7 Å². The van der Waals surface area contributed by atoms with E-state index in [2.05, 4.69) is 36.0 Å². The van der Waals surface area contributed by atoms with Crippen molar-refractivity contribution in [1.29, 1.82) is 0 Å². The molecule has 3 amide bonds. The number of ketones is 1. The standard InChI is InChI=1S/C37H56N4O5/c1-8-10-19-34(46-7)26(5)33(42)21-20-30(25(3)4)35(43)38-27(6)36(44)41-23-14-17-31(39-41)37(45)40-22-12-11-18-32(40)29-16-13-15-28(9-2)24-29/h8-9,13,15-16,24-27,30-32,34,39H,1-2,10-12,14,17-23H2,3-7H3,(H,38,43). The van der Waals surface area contributed by atoms with E-state index in [1.54, 1.807) is 14.0 Å². The summed E-state index contributed by atoms with van der Waals surface area (Å²) >= 11 is 0. The van der Waals surface area contributed by atoms with E-state index in [4.69, 9.17) is 4.74 Å². The van der Waals surface area contributed by atoms with Gasteiger partial charge in [0.1, 0.15) is 17.9 Å². The van der Waals surface area contributed by atoms with Gasteiger partial charge in [0.15, 0.2) is 0 Å². The number of amides is 3. The number of methoxy groups -OCH3 is 1. The van der Waals surface area contributed by atoms with Gasteiger partial charge in [-0.2, -0.15) is 0 Å². The summed E-state index contributed by atoms with van der Waals surface area (Å²) in [6.07, 6.45) is 9.82. The molecule has 46 heavy (non-hydrogen) atoms. The molecule has 9 nitrogen and oxygen atoms in total. The number of carbonyl (C=O) groups is 4. The summed E-state index contributed by atoms with van der Waals surface area (Å²) < 4.78 is 5.54. The van der Waals surface area contributed by atoms with Crippen LogP contribution in [0.4, 0.5) is 0 Å². The Balaban J connectivity index is 1.59. The zero-order chi connectivity index (χ0) is 33.8. The third kappa shape index (κ3) is 9.85. The molecule has 2 aliphatic heterocycles. The molecule has 254 valence electrons. The Morgan fingerprint density at radius 2 is 1.80 bits per heavy atom.